The number of nitrogens with zero attached hydrogens (tertiary/aromatic N) is 1. The van der Waals surface area contributed by atoms with E-state index in [9.17, 15) is 4.79 Å². The minimum atomic E-state index is -0.154. The fourth-order valence-electron chi connectivity index (χ4n) is 2.30. The number of ether oxygens (including phenoxy) is 1. The number of carbonyl (C=O) groups excluding carboxylic acids is 1. The predicted octanol–water partition coefficient (Wildman–Crippen LogP) is 3.10. The number of benzene rings is 1. The predicted molar refractivity (Wildman–Crippen MR) is 71.9 cm³/mol. The fraction of sp³-hybridized carbons (Fsp3) is 0.533. The summed E-state index contributed by atoms with van der Waals surface area (Å²) in [5.74, 6) is 0.722. The Hall–Kier alpha value is -1.51. The van der Waals surface area contributed by atoms with Gasteiger partial charge in [0.2, 0.25) is 0 Å². The van der Waals surface area contributed by atoms with Crippen LogP contribution in [0.25, 0.3) is 0 Å². The fourth-order valence-corrected chi connectivity index (χ4v) is 2.30. The Morgan fingerprint density at radius 1 is 1.28 bits per heavy atom. The van der Waals surface area contributed by atoms with E-state index in [1.165, 1.54) is 0 Å². The molecule has 2 rings (SSSR count). The molecule has 0 radical (unpaired) electrons. The smallest absolute Gasteiger partial charge is 0.258 e. The maximum absolute atomic E-state index is 12.7. The van der Waals surface area contributed by atoms with Crippen LogP contribution in [0.5, 0.6) is 5.75 Å². The van der Waals surface area contributed by atoms with E-state index in [-0.39, 0.29) is 11.4 Å². The monoisotopic (exact) mass is 247 g/mol. The minimum Gasteiger partial charge on any atom is -0.496 e. The molecule has 0 aliphatic heterocycles. The first-order valence-corrected chi connectivity index (χ1v) is 6.42. The highest BCUT2D eigenvalue weighted by Gasteiger charge is 2.40. The second-order valence-corrected chi connectivity index (χ2v) is 5.78. The van der Waals surface area contributed by atoms with Gasteiger partial charge in [0, 0.05) is 11.6 Å². The van der Waals surface area contributed by atoms with E-state index in [4.69, 9.17) is 4.74 Å². The van der Waals surface area contributed by atoms with Crippen LogP contribution in [0.15, 0.2) is 24.3 Å². The van der Waals surface area contributed by atoms with E-state index in [2.05, 4.69) is 20.8 Å². The molecule has 0 atom stereocenters. The van der Waals surface area contributed by atoms with Gasteiger partial charge in [-0.2, -0.15) is 0 Å². The Labute approximate surface area is 109 Å². The van der Waals surface area contributed by atoms with Crippen molar-refractivity contribution < 1.29 is 9.53 Å². The van der Waals surface area contributed by atoms with Gasteiger partial charge < -0.3 is 9.64 Å². The molecule has 1 aliphatic carbocycles. The third-order valence-electron chi connectivity index (χ3n) is 3.19. The van der Waals surface area contributed by atoms with Crippen LogP contribution in [0.3, 0.4) is 0 Å². The average Bonchev–Trinajstić information content (AvgIpc) is 3.11. The molecule has 0 bridgehead atoms. The van der Waals surface area contributed by atoms with Crippen LogP contribution < -0.4 is 4.74 Å². The summed E-state index contributed by atoms with van der Waals surface area (Å²) in [6.45, 7) is 6.25. The molecule has 3 heteroatoms. The Bertz CT molecular complexity index is 444. The molecule has 1 saturated carbocycles. The largest absolute Gasteiger partial charge is 0.496 e. The zero-order valence-electron chi connectivity index (χ0n) is 11.6. The van der Waals surface area contributed by atoms with Gasteiger partial charge in [0.15, 0.2) is 0 Å². The molecule has 0 saturated heterocycles. The second-order valence-electron chi connectivity index (χ2n) is 5.78. The number of para-hydroxylation sites is 1. The van der Waals surface area contributed by atoms with Gasteiger partial charge in [0.25, 0.3) is 5.91 Å². The topological polar surface area (TPSA) is 29.5 Å². The van der Waals surface area contributed by atoms with Crippen LogP contribution in [0.1, 0.15) is 44.0 Å². The zero-order valence-corrected chi connectivity index (χ0v) is 11.6. The summed E-state index contributed by atoms with van der Waals surface area (Å²) in [7, 11) is 1.60. The van der Waals surface area contributed by atoms with Crippen LogP contribution >= 0.6 is 0 Å². The van der Waals surface area contributed by atoms with Crippen molar-refractivity contribution in [1.29, 1.82) is 0 Å². The maximum atomic E-state index is 12.7. The highest BCUT2D eigenvalue weighted by atomic mass is 16.5. The summed E-state index contributed by atoms with van der Waals surface area (Å²) < 4.78 is 5.28. The Morgan fingerprint density at radius 2 is 1.89 bits per heavy atom. The summed E-state index contributed by atoms with van der Waals surface area (Å²) in [4.78, 5) is 14.7. The minimum absolute atomic E-state index is 0.0717. The van der Waals surface area contributed by atoms with Crippen molar-refractivity contribution >= 4 is 5.91 Å². The lowest BCUT2D eigenvalue weighted by Gasteiger charge is -2.36. The van der Waals surface area contributed by atoms with Crippen molar-refractivity contribution in [3.05, 3.63) is 29.8 Å². The number of methoxy groups -OCH3 is 1. The lowest BCUT2D eigenvalue weighted by atomic mass is 10.0. The Morgan fingerprint density at radius 3 is 2.39 bits per heavy atom. The molecule has 18 heavy (non-hydrogen) atoms. The molecule has 1 aromatic carbocycles. The molecule has 1 aliphatic rings. The molecule has 0 unspecified atom stereocenters. The number of hydrogen-bond donors (Lipinski definition) is 0. The van der Waals surface area contributed by atoms with Gasteiger partial charge in [-0.25, -0.2) is 0 Å². The van der Waals surface area contributed by atoms with Crippen LogP contribution in [-0.2, 0) is 0 Å². The van der Waals surface area contributed by atoms with Gasteiger partial charge in [-0.05, 0) is 45.7 Å². The van der Waals surface area contributed by atoms with E-state index in [1.807, 2.05) is 29.2 Å². The van der Waals surface area contributed by atoms with Crippen molar-refractivity contribution in [2.75, 3.05) is 7.11 Å². The summed E-state index contributed by atoms with van der Waals surface area (Å²) in [5, 5.41) is 0. The highest BCUT2D eigenvalue weighted by Crippen LogP contribution is 2.35. The van der Waals surface area contributed by atoms with Crippen LogP contribution in [0.2, 0.25) is 0 Å². The van der Waals surface area contributed by atoms with Gasteiger partial charge >= 0.3 is 0 Å². The molecule has 0 heterocycles. The third-order valence-corrected chi connectivity index (χ3v) is 3.19. The molecule has 0 N–H and O–H groups in total. The average molecular weight is 247 g/mol. The van der Waals surface area contributed by atoms with E-state index >= 15 is 0 Å². The number of rotatable bonds is 3. The van der Waals surface area contributed by atoms with Gasteiger partial charge in [0.1, 0.15) is 5.75 Å². The van der Waals surface area contributed by atoms with Crippen molar-refractivity contribution in [2.45, 2.75) is 45.2 Å². The molecule has 3 nitrogen and oxygen atoms in total. The molecule has 1 aromatic rings. The van der Waals surface area contributed by atoms with Gasteiger partial charge in [-0.1, -0.05) is 12.1 Å². The molecular weight excluding hydrogens is 226 g/mol. The van der Waals surface area contributed by atoms with Crippen molar-refractivity contribution in [2.24, 2.45) is 0 Å². The first-order chi connectivity index (χ1) is 8.45. The van der Waals surface area contributed by atoms with Crippen LogP contribution in [-0.4, -0.2) is 29.5 Å². The first-order valence-electron chi connectivity index (χ1n) is 6.42. The van der Waals surface area contributed by atoms with Crippen molar-refractivity contribution in [1.82, 2.24) is 4.90 Å². The maximum Gasteiger partial charge on any atom is 0.258 e. The standard InChI is InChI=1S/C15H21NO2/c1-15(2,3)16(11-9-10-11)14(17)12-7-5-6-8-13(12)18-4/h5-8,11H,9-10H2,1-4H3. The second kappa shape index (κ2) is 4.63. The number of carbonyl (C=O) groups is 1. The van der Waals surface area contributed by atoms with Crippen molar-refractivity contribution in [3.63, 3.8) is 0 Å². The quantitative estimate of drug-likeness (QED) is 0.821. The number of amides is 1. The van der Waals surface area contributed by atoms with Crippen LogP contribution in [0.4, 0.5) is 0 Å². The SMILES string of the molecule is COc1ccccc1C(=O)N(C1CC1)C(C)(C)C. The summed E-state index contributed by atoms with van der Waals surface area (Å²) >= 11 is 0. The summed E-state index contributed by atoms with van der Waals surface area (Å²) in [6.07, 6.45) is 2.22. The molecule has 1 fully saturated rings. The third kappa shape index (κ3) is 2.50. The van der Waals surface area contributed by atoms with E-state index in [1.54, 1.807) is 7.11 Å². The molecule has 98 valence electrons. The van der Waals surface area contributed by atoms with Gasteiger partial charge in [-0.15, -0.1) is 0 Å². The molecule has 1 amide bonds. The summed E-state index contributed by atoms with van der Waals surface area (Å²) in [5.41, 5.74) is 0.501. The molecule has 0 spiro atoms. The molecular formula is C15H21NO2. The highest BCUT2D eigenvalue weighted by molar-refractivity contribution is 5.97. The zero-order chi connectivity index (χ0) is 13.3. The first kappa shape index (κ1) is 12.9. The van der Waals surface area contributed by atoms with E-state index in [0.717, 1.165) is 12.8 Å². The summed E-state index contributed by atoms with van der Waals surface area (Å²) in [6, 6.07) is 7.82. The Balaban J connectivity index is 2.34. The number of hydrogen-bond acceptors (Lipinski definition) is 2. The lowest BCUT2D eigenvalue weighted by Crippen LogP contribution is -2.47. The Kier molecular flexibility index (Phi) is 3.33. The van der Waals surface area contributed by atoms with Gasteiger partial charge in [-0.3, -0.25) is 4.79 Å². The van der Waals surface area contributed by atoms with E-state index < -0.39 is 0 Å². The van der Waals surface area contributed by atoms with Crippen molar-refractivity contribution in [3.8, 4) is 5.75 Å². The molecule has 0 aromatic heterocycles. The lowest BCUT2D eigenvalue weighted by molar-refractivity contribution is 0.0555. The van der Waals surface area contributed by atoms with Gasteiger partial charge in [0.05, 0.1) is 12.7 Å². The van der Waals surface area contributed by atoms with E-state index in [0.29, 0.717) is 17.4 Å². The van der Waals surface area contributed by atoms with Crippen LogP contribution in [0, 0.1) is 0 Å². The normalized spacial score (nSPS) is 15.3.